The van der Waals surface area contributed by atoms with E-state index in [1.165, 1.54) is 29.7 Å². The van der Waals surface area contributed by atoms with Crippen LogP contribution in [0.25, 0.3) is 0 Å². The van der Waals surface area contributed by atoms with Crippen LogP contribution < -0.4 is 5.73 Å². The van der Waals surface area contributed by atoms with Crippen molar-refractivity contribution < 1.29 is 0 Å². The summed E-state index contributed by atoms with van der Waals surface area (Å²) in [6, 6.07) is 2.40. The van der Waals surface area contributed by atoms with Gasteiger partial charge in [0.25, 0.3) is 0 Å². The summed E-state index contributed by atoms with van der Waals surface area (Å²) < 4.78 is 1.74. The molecule has 0 radical (unpaired) electrons. The fourth-order valence-corrected chi connectivity index (χ4v) is 3.84. The maximum absolute atomic E-state index is 6.39. The van der Waals surface area contributed by atoms with Crippen LogP contribution in [-0.4, -0.2) is 21.0 Å². The number of nitrogens with two attached hydrogens (primary N) is 1. The van der Waals surface area contributed by atoms with E-state index in [0.717, 1.165) is 12.1 Å². The quantitative estimate of drug-likeness (QED) is 0.918. The van der Waals surface area contributed by atoms with Crippen LogP contribution in [0, 0.1) is 0 Å². The highest BCUT2D eigenvalue weighted by Crippen LogP contribution is 2.36. The van der Waals surface area contributed by atoms with E-state index >= 15 is 0 Å². The third kappa shape index (κ3) is 2.20. The fraction of sp³-hybridized carbons (Fsp3) is 0.538. The Labute approximate surface area is 111 Å². The molecule has 3 rings (SSSR count). The van der Waals surface area contributed by atoms with E-state index in [1.807, 2.05) is 24.6 Å². The maximum Gasteiger partial charge on any atom is 0.0842 e. The second-order valence-corrected chi connectivity index (χ2v) is 6.05. The molecule has 4 nitrogen and oxygen atoms in total. The van der Waals surface area contributed by atoms with Gasteiger partial charge in [0.05, 0.1) is 5.69 Å². The van der Waals surface area contributed by atoms with Crippen molar-refractivity contribution in [3.63, 3.8) is 0 Å². The molecule has 0 aliphatic heterocycles. The van der Waals surface area contributed by atoms with Crippen LogP contribution >= 0.6 is 11.3 Å². The third-order valence-corrected chi connectivity index (χ3v) is 4.71. The highest BCUT2D eigenvalue weighted by atomic mass is 32.1. The molecule has 2 atom stereocenters. The Morgan fingerprint density at radius 3 is 3.28 bits per heavy atom. The number of nitrogens with zero attached hydrogens (tertiary/aromatic N) is 3. The Morgan fingerprint density at radius 2 is 2.50 bits per heavy atom. The molecule has 0 saturated carbocycles. The molecule has 0 saturated heterocycles. The molecule has 0 spiro atoms. The average molecular weight is 262 g/mol. The average Bonchev–Trinajstić information content (AvgIpc) is 2.97. The second kappa shape index (κ2) is 4.82. The zero-order valence-electron chi connectivity index (χ0n) is 10.5. The summed E-state index contributed by atoms with van der Waals surface area (Å²) in [5.41, 5.74) is 8.86. The molecule has 2 N–H and O–H groups in total. The van der Waals surface area contributed by atoms with Crippen LogP contribution in [0.4, 0.5) is 0 Å². The van der Waals surface area contributed by atoms with Crippen molar-refractivity contribution in [1.82, 2.24) is 15.0 Å². The van der Waals surface area contributed by atoms with Crippen molar-refractivity contribution in [2.75, 3.05) is 0 Å². The Balaban J connectivity index is 1.76. The van der Waals surface area contributed by atoms with Gasteiger partial charge in [-0.1, -0.05) is 5.21 Å². The van der Waals surface area contributed by atoms with Crippen LogP contribution in [0.3, 0.4) is 0 Å². The molecule has 0 aromatic carbocycles. The SMILES string of the molecule is Cn1cc(CC(N)C2CCCc3sccc32)nn1. The number of hydrogen-bond donors (Lipinski definition) is 1. The number of thiophene rings is 1. The highest BCUT2D eigenvalue weighted by Gasteiger charge is 2.27. The number of rotatable bonds is 3. The minimum atomic E-state index is 0.148. The van der Waals surface area contributed by atoms with Crippen molar-refractivity contribution in [1.29, 1.82) is 0 Å². The van der Waals surface area contributed by atoms with Gasteiger partial charge in [-0.3, -0.25) is 4.68 Å². The molecule has 2 unspecified atom stereocenters. The van der Waals surface area contributed by atoms with Gasteiger partial charge in [0.2, 0.25) is 0 Å². The molecule has 0 bridgehead atoms. The van der Waals surface area contributed by atoms with Gasteiger partial charge in [-0.2, -0.15) is 0 Å². The summed E-state index contributed by atoms with van der Waals surface area (Å²) in [5.74, 6) is 0.488. The highest BCUT2D eigenvalue weighted by molar-refractivity contribution is 7.10. The molecule has 18 heavy (non-hydrogen) atoms. The van der Waals surface area contributed by atoms with E-state index in [0.29, 0.717) is 5.92 Å². The summed E-state index contributed by atoms with van der Waals surface area (Å²) in [6.07, 6.45) is 6.45. The number of hydrogen-bond acceptors (Lipinski definition) is 4. The van der Waals surface area contributed by atoms with E-state index in [9.17, 15) is 0 Å². The van der Waals surface area contributed by atoms with Gasteiger partial charge < -0.3 is 5.73 Å². The zero-order valence-corrected chi connectivity index (χ0v) is 11.4. The molecular weight excluding hydrogens is 244 g/mol. The molecule has 2 aromatic heterocycles. The lowest BCUT2D eigenvalue weighted by Crippen LogP contribution is -2.32. The van der Waals surface area contributed by atoms with Gasteiger partial charge in [-0.05, 0) is 36.3 Å². The molecule has 2 heterocycles. The van der Waals surface area contributed by atoms with Crippen LogP contribution in [-0.2, 0) is 19.9 Å². The summed E-state index contributed by atoms with van der Waals surface area (Å²) in [5, 5.41) is 10.3. The third-order valence-electron chi connectivity index (χ3n) is 3.71. The van der Waals surface area contributed by atoms with Crippen molar-refractivity contribution in [3.8, 4) is 0 Å². The Morgan fingerprint density at radius 1 is 1.61 bits per heavy atom. The van der Waals surface area contributed by atoms with Crippen molar-refractivity contribution in [3.05, 3.63) is 33.8 Å². The smallest absolute Gasteiger partial charge is 0.0842 e. The Bertz CT molecular complexity index is 531. The molecule has 2 aromatic rings. The van der Waals surface area contributed by atoms with Crippen LogP contribution in [0.15, 0.2) is 17.6 Å². The van der Waals surface area contributed by atoms with Gasteiger partial charge in [0.1, 0.15) is 0 Å². The Kier molecular flexibility index (Phi) is 3.18. The largest absolute Gasteiger partial charge is 0.327 e. The van der Waals surface area contributed by atoms with Crippen molar-refractivity contribution in [2.24, 2.45) is 12.8 Å². The first-order valence-electron chi connectivity index (χ1n) is 6.41. The zero-order chi connectivity index (χ0) is 12.5. The van der Waals surface area contributed by atoms with Gasteiger partial charge in [0, 0.05) is 36.5 Å². The Hall–Kier alpha value is -1.20. The molecule has 1 aliphatic carbocycles. The van der Waals surface area contributed by atoms with Crippen LogP contribution in [0.5, 0.6) is 0 Å². The monoisotopic (exact) mass is 262 g/mol. The minimum Gasteiger partial charge on any atom is -0.327 e. The molecular formula is C13H18N4S. The first-order valence-corrected chi connectivity index (χ1v) is 7.29. The van der Waals surface area contributed by atoms with Gasteiger partial charge in [0.15, 0.2) is 0 Å². The number of aromatic nitrogens is 3. The van der Waals surface area contributed by atoms with Gasteiger partial charge in [-0.25, -0.2) is 0 Å². The first-order chi connectivity index (χ1) is 8.74. The van der Waals surface area contributed by atoms with E-state index in [4.69, 9.17) is 5.73 Å². The number of fused-ring (bicyclic) bond motifs is 1. The predicted octanol–water partition coefficient (Wildman–Crippen LogP) is 1.87. The second-order valence-electron chi connectivity index (χ2n) is 5.05. The van der Waals surface area contributed by atoms with Gasteiger partial charge >= 0.3 is 0 Å². The van der Waals surface area contributed by atoms with Crippen LogP contribution in [0.2, 0.25) is 0 Å². The standard InChI is InChI=1S/C13H18N4S/c1-17-8-9(15-16-17)7-12(14)10-3-2-4-13-11(10)5-6-18-13/h5-6,8,10,12H,2-4,7,14H2,1H3. The predicted molar refractivity (Wildman–Crippen MR) is 72.7 cm³/mol. The summed E-state index contributed by atoms with van der Waals surface area (Å²) in [6.45, 7) is 0. The molecule has 5 heteroatoms. The first kappa shape index (κ1) is 11.9. The lowest BCUT2D eigenvalue weighted by atomic mass is 9.81. The van der Waals surface area contributed by atoms with Crippen molar-refractivity contribution in [2.45, 2.75) is 37.6 Å². The lowest BCUT2D eigenvalue weighted by molar-refractivity contribution is 0.461. The van der Waals surface area contributed by atoms with E-state index in [-0.39, 0.29) is 6.04 Å². The normalized spacial score (nSPS) is 20.7. The fourth-order valence-electron chi connectivity index (χ4n) is 2.84. The van der Waals surface area contributed by atoms with Crippen LogP contribution in [0.1, 0.15) is 34.9 Å². The lowest BCUT2D eigenvalue weighted by Gasteiger charge is -2.27. The maximum atomic E-state index is 6.39. The topological polar surface area (TPSA) is 56.7 Å². The molecule has 0 amide bonds. The van der Waals surface area contributed by atoms with E-state index in [2.05, 4.69) is 21.8 Å². The summed E-state index contributed by atoms with van der Waals surface area (Å²) >= 11 is 1.87. The van der Waals surface area contributed by atoms with Gasteiger partial charge in [-0.15, -0.1) is 16.4 Å². The summed E-state index contributed by atoms with van der Waals surface area (Å²) in [7, 11) is 1.89. The van der Waals surface area contributed by atoms with E-state index in [1.54, 1.807) is 4.68 Å². The van der Waals surface area contributed by atoms with E-state index < -0.39 is 0 Å². The molecule has 0 fully saturated rings. The molecule has 96 valence electrons. The number of aryl methyl sites for hydroxylation is 2. The minimum absolute atomic E-state index is 0.148. The molecule has 1 aliphatic rings. The van der Waals surface area contributed by atoms with Crippen molar-refractivity contribution >= 4 is 11.3 Å². The summed E-state index contributed by atoms with van der Waals surface area (Å²) in [4.78, 5) is 1.53.